The van der Waals surface area contributed by atoms with Crippen molar-refractivity contribution in [3.63, 3.8) is 0 Å². The molecule has 2 fully saturated rings. The fraction of sp³-hybridized carbons (Fsp3) is 0.500. The Morgan fingerprint density at radius 3 is 2.38 bits per heavy atom. The molecule has 5 heteroatoms. The highest BCUT2D eigenvalue weighted by molar-refractivity contribution is 5.97. The Morgan fingerprint density at radius 2 is 1.76 bits per heavy atom. The fourth-order valence-corrected chi connectivity index (χ4v) is 3.01. The number of phenolic OH excluding ortho intramolecular Hbond substituents is 1. The molecular weight excluding hydrogens is 272 g/mol. The number of ether oxygens (including phenoxy) is 2. The maximum Gasteiger partial charge on any atom is 0.323 e. The number of carbonyl (C=O) groups is 2. The van der Waals surface area contributed by atoms with Crippen LogP contribution in [-0.4, -0.2) is 22.8 Å². The molecule has 0 amide bonds. The highest BCUT2D eigenvalue weighted by atomic mass is 16.7. The Morgan fingerprint density at radius 1 is 1.10 bits per heavy atom. The van der Waals surface area contributed by atoms with Crippen LogP contribution in [0.1, 0.15) is 37.7 Å². The summed E-state index contributed by atoms with van der Waals surface area (Å²) in [5.74, 6) is -2.90. The van der Waals surface area contributed by atoms with Crippen LogP contribution in [0.5, 0.6) is 5.75 Å². The molecule has 0 atom stereocenters. The number of hydrogen-bond donors (Lipinski definition) is 1. The summed E-state index contributed by atoms with van der Waals surface area (Å²) >= 11 is 0. The predicted molar refractivity (Wildman–Crippen MR) is 73.3 cm³/mol. The van der Waals surface area contributed by atoms with Crippen LogP contribution in [0, 0.1) is 5.92 Å². The van der Waals surface area contributed by atoms with Gasteiger partial charge in [0.1, 0.15) is 5.75 Å². The van der Waals surface area contributed by atoms with E-state index in [4.69, 9.17) is 9.47 Å². The predicted octanol–water partition coefficient (Wildman–Crippen LogP) is 2.31. The zero-order valence-corrected chi connectivity index (χ0v) is 11.7. The van der Waals surface area contributed by atoms with Gasteiger partial charge in [0, 0.05) is 12.8 Å². The van der Waals surface area contributed by atoms with Gasteiger partial charge in [-0.15, -0.1) is 0 Å². The molecule has 1 aromatic rings. The van der Waals surface area contributed by atoms with Crippen molar-refractivity contribution in [2.45, 2.75) is 44.3 Å². The molecule has 1 aliphatic heterocycles. The van der Waals surface area contributed by atoms with Crippen molar-refractivity contribution >= 4 is 11.9 Å². The number of esters is 2. The Labute approximate surface area is 122 Å². The monoisotopic (exact) mass is 290 g/mol. The second-order valence-electron chi connectivity index (χ2n) is 5.74. The van der Waals surface area contributed by atoms with Crippen molar-refractivity contribution in [2.24, 2.45) is 5.92 Å². The van der Waals surface area contributed by atoms with Gasteiger partial charge in [-0.2, -0.15) is 0 Å². The lowest BCUT2D eigenvalue weighted by Crippen LogP contribution is -2.51. The summed E-state index contributed by atoms with van der Waals surface area (Å²) in [7, 11) is 0. The van der Waals surface area contributed by atoms with Gasteiger partial charge in [-0.25, -0.2) is 0 Å². The van der Waals surface area contributed by atoms with Crippen molar-refractivity contribution < 1.29 is 24.2 Å². The molecular formula is C16H18O5. The van der Waals surface area contributed by atoms with Gasteiger partial charge in [-0.1, -0.05) is 18.6 Å². The molecule has 1 aromatic carbocycles. The smallest absolute Gasteiger partial charge is 0.323 e. The number of phenols is 1. The van der Waals surface area contributed by atoms with Crippen LogP contribution in [0.4, 0.5) is 0 Å². The van der Waals surface area contributed by atoms with E-state index in [1.54, 1.807) is 12.1 Å². The normalized spacial score (nSPS) is 21.9. The molecule has 1 saturated carbocycles. The molecule has 2 aliphatic rings. The molecule has 1 heterocycles. The van der Waals surface area contributed by atoms with Gasteiger partial charge in [-0.3, -0.25) is 9.59 Å². The molecule has 5 nitrogen and oxygen atoms in total. The van der Waals surface area contributed by atoms with Crippen molar-refractivity contribution in [3.8, 4) is 5.75 Å². The van der Waals surface area contributed by atoms with Gasteiger partial charge in [0.2, 0.25) is 0 Å². The summed E-state index contributed by atoms with van der Waals surface area (Å²) < 4.78 is 10.9. The lowest BCUT2D eigenvalue weighted by molar-refractivity contribution is -0.260. The van der Waals surface area contributed by atoms with Crippen LogP contribution in [0.15, 0.2) is 24.3 Å². The molecule has 112 valence electrons. The van der Waals surface area contributed by atoms with E-state index >= 15 is 0 Å². The summed E-state index contributed by atoms with van der Waals surface area (Å²) in [5, 5.41) is 9.44. The van der Waals surface area contributed by atoms with Crippen molar-refractivity contribution in [3.05, 3.63) is 29.8 Å². The first-order valence-corrected chi connectivity index (χ1v) is 7.32. The Bertz CT molecular complexity index is 540. The first kappa shape index (κ1) is 13.9. The Kier molecular flexibility index (Phi) is 3.57. The number of rotatable bonds is 2. The maximum atomic E-state index is 12.2. The molecule has 0 aromatic heterocycles. The molecule has 21 heavy (non-hydrogen) atoms. The fourth-order valence-electron chi connectivity index (χ4n) is 3.01. The Balaban J connectivity index is 1.73. The third-order valence-electron chi connectivity index (χ3n) is 4.11. The van der Waals surface area contributed by atoms with E-state index in [0.717, 1.165) is 19.3 Å². The molecule has 1 aliphatic carbocycles. The van der Waals surface area contributed by atoms with Gasteiger partial charge < -0.3 is 14.6 Å². The lowest BCUT2D eigenvalue weighted by atomic mass is 9.91. The van der Waals surface area contributed by atoms with Crippen LogP contribution in [0.25, 0.3) is 0 Å². The zero-order valence-electron chi connectivity index (χ0n) is 11.7. The first-order chi connectivity index (χ1) is 10.1. The SMILES string of the molecule is O=C1OC2(CCCCC2)OC(=O)C1Cc1cccc(O)c1. The number of carbonyl (C=O) groups excluding carboxylic acids is 2. The van der Waals surface area contributed by atoms with Gasteiger partial charge in [0.05, 0.1) is 0 Å². The van der Waals surface area contributed by atoms with Crippen LogP contribution in [0.3, 0.4) is 0 Å². The van der Waals surface area contributed by atoms with E-state index in [9.17, 15) is 14.7 Å². The largest absolute Gasteiger partial charge is 0.508 e. The molecule has 1 N–H and O–H groups in total. The minimum Gasteiger partial charge on any atom is -0.508 e. The van der Waals surface area contributed by atoms with Crippen LogP contribution in [-0.2, 0) is 25.5 Å². The molecule has 3 rings (SSSR count). The third-order valence-corrected chi connectivity index (χ3v) is 4.11. The molecule has 1 saturated heterocycles. The van der Waals surface area contributed by atoms with Crippen molar-refractivity contribution in [2.75, 3.05) is 0 Å². The van der Waals surface area contributed by atoms with Gasteiger partial charge >= 0.3 is 11.9 Å². The van der Waals surface area contributed by atoms with Gasteiger partial charge in [-0.05, 0) is 37.0 Å². The van der Waals surface area contributed by atoms with Crippen LogP contribution in [0.2, 0.25) is 0 Å². The summed E-state index contributed by atoms with van der Waals surface area (Å²) in [6.45, 7) is 0. The average molecular weight is 290 g/mol. The third kappa shape index (κ3) is 2.86. The van der Waals surface area contributed by atoms with E-state index in [-0.39, 0.29) is 12.2 Å². The van der Waals surface area contributed by atoms with Crippen molar-refractivity contribution in [1.29, 1.82) is 0 Å². The van der Waals surface area contributed by atoms with Crippen LogP contribution >= 0.6 is 0 Å². The Hall–Kier alpha value is -2.04. The molecule has 0 radical (unpaired) electrons. The van der Waals surface area contributed by atoms with Crippen molar-refractivity contribution in [1.82, 2.24) is 0 Å². The zero-order chi connectivity index (χ0) is 14.9. The van der Waals surface area contributed by atoms with E-state index in [0.29, 0.717) is 18.4 Å². The summed E-state index contributed by atoms with van der Waals surface area (Å²) in [5.41, 5.74) is 0.702. The molecule has 1 spiro atoms. The standard InChI is InChI=1S/C16H18O5/c17-12-6-4-5-11(9-12)10-13-14(18)20-16(21-15(13)19)7-2-1-3-8-16/h4-6,9,13,17H,1-3,7-8,10H2. The van der Waals surface area contributed by atoms with E-state index in [1.165, 1.54) is 12.1 Å². The number of benzene rings is 1. The summed E-state index contributed by atoms with van der Waals surface area (Å²) in [4.78, 5) is 24.4. The molecule has 0 bridgehead atoms. The summed E-state index contributed by atoms with van der Waals surface area (Å²) in [6.07, 6.45) is 4.23. The summed E-state index contributed by atoms with van der Waals surface area (Å²) in [6, 6.07) is 6.50. The maximum absolute atomic E-state index is 12.2. The van der Waals surface area contributed by atoms with Crippen LogP contribution < -0.4 is 0 Å². The highest BCUT2D eigenvalue weighted by Crippen LogP contribution is 2.37. The highest BCUT2D eigenvalue weighted by Gasteiger charge is 2.49. The van der Waals surface area contributed by atoms with E-state index < -0.39 is 23.6 Å². The minimum atomic E-state index is -1.03. The van der Waals surface area contributed by atoms with E-state index in [1.807, 2.05) is 0 Å². The second kappa shape index (κ2) is 5.39. The minimum absolute atomic E-state index is 0.105. The number of aromatic hydroxyl groups is 1. The first-order valence-electron chi connectivity index (χ1n) is 7.32. The topological polar surface area (TPSA) is 72.8 Å². The van der Waals surface area contributed by atoms with E-state index in [2.05, 4.69) is 0 Å². The molecule has 0 unspecified atom stereocenters. The van der Waals surface area contributed by atoms with Gasteiger partial charge in [0.25, 0.3) is 5.79 Å². The lowest BCUT2D eigenvalue weighted by Gasteiger charge is -2.40. The second-order valence-corrected chi connectivity index (χ2v) is 5.74. The van der Waals surface area contributed by atoms with Gasteiger partial charge in [0.15, 0.2) is 5.92 Å². The average Bonchev–Trinajstić information content (AvgIpc) is 2.44. The quantitative estimate of drug-likeness (QED) is 0.668. The number of hydrogen-bond acceptors (Lipinski definition) is 5.